The Hall–Kier alpha value is -1.76. The molecule has 1 aliphatic rings. The lowest BCUT2D eigenvalue weighted by molar-refractivity contribution is -0.127. The van der Waals surface area contributed by atoms with E-state index >= 15 is 0 Å². The second-order valence-electron chi connectivity index (χ2n) is 5.97. The van der Waals surface area contributed by atoms with Gasteiger partial charge in [-0.05, 0) is 31.4 Å². The number of nitrogens with one attached hydrogen (secondary N) is 1. The van der Waals surface area contributed by atoms with Crippen molar-refractivity contribution in [2.75, 3.05) is 18.4 Å². The average Bonchev–Trinajstić information content (AvgIpc) is 2.48. The van der Waals surface area contributed by atoms with E-state index in [1.807, 2.05) is 0 Å². The smallest absolute Gasteiger partial charge is 0.393 e. The van der Waals surface area contributed by atoms with Gasteiger partial charge in [-0.25, -0.2) is 4.79 Å². The average molecular weight is 330 g/mol. The van der Waals surface area contributed by atoms with E-state index in [1.54, 1.807) is 17.9 Å². The minimum absolute atomic E-state index is 0.0000751. The topological polar surface area (TPSA) is 52.6 Å². The molecule has 0 radical (unpaired) electrons. The summed E-state index contributed by atoms with van der Waals surface area (Å²) in [5.41, 5.74) is 0.214. The SMILES string of the molecule is CC(O)C1CCCN(C(=O)Nc2ccccc2CC(F)(F)F)C1. The van der Waals surface area contributed by atoms with Gasteiger partial charge in [0.25, 0.3) is 0 Å². The summed E-state index contributed by atoms with van der Waals surface area (Å²) in [5, 5.41) is 12.2. The molecule has 1 fully saturated rings. The van der Waals surface area contributed by atoms with Crippen LogP contribution in [0.2, 0.25) is 0 Å². The van der Waals surface area contributed by atoms with E-state index in [0.29, 0.717) is 13.1 Å². The zero-order valence-electron chi connectivity index (χ0n) is 12.9. The first-order chi connectivity index (χ1) is 10.8. The zero-order valence-corrected chi connectivity index (χ0v) is 12.9. The maximum atomic E-state index is 12.6. The fourth-order valence-corrected chi connectivity index (χ4v) is 2.79. The van der Waals surface area contributed by atoms with E-state index in [9.17, 15) is 23.1 Å². The molecule has 2 amide bonds. The molecule has 7 heteroatoms. The molecule has 128 valence electrons. The Balaban J connectivity index is 2.05. The summed E-state index contributed by atoms with van der Waals surface area (Å²) in [7, 11) is 0. The van der Waals surface area contributed by atoms with E-state index in [4.69, 9.17) is 0 Å². The Morgan fingerprint density at radius 1 is 1.43 bits per heavy atom. The number of aliphatic hydroxyl groups is 1. The minimum atomic E-state index is -4.33. The number of anilines is 1. The van der Waals surface area contributed by atoms with Crippen molar-refractivity contribution in [3.8, 4) is 0 Å². The number of likely N-dealkylation sites (tertiary alicyclic amines) is 1. The van der Waals surface area contributed by atoms with Gasteiger partial charge in [0, 0.05) is 24.7 Å². The summed E-state index contributed by atoms with van der Waals surface area (Å²) in [6, 6.07) is 5.50. The predicted molar refractivity (Wildman–Crippen MR) is 81.2 cm³/mol. The van der Waals surface area contributed by atoms with Gasteiger partial charge in [-0.2, -0.15) is 13.2 Å². The van der Waals surface area contributed by atoms with Crippen molar-refractivity contribution < 1.29 is 23.1 Å². The van der Waals surface area contributed by atoms with Crippen LogP contribution in [-0.4, -0.2) is 41.4 Å². The number of nitrogens with zero attached hydrogens (tertiary/aromatic N) is 1. The van der Waals surface area contributed by atoms with Crippen LogP contribution in [0, 0.1) is 5.92 Å². The Kier molecular flexibility index (Phi) is 5.51. The molecule has 0 saturated carbocycles. The van der Waals surface area contributed by atoms with Gasteiger partial charge in [-0.1, -0.05) is 18.2 Å². The summed E-state index contributed by atoms with van der Waals surface area (Å²) in [6.45, 7) is 2.63. The maximum absolute atomic E-state index is 12.6. The number of aliphatic hydroxyl groups excluding tert-OH is 1. The molecule has 2 N–H and O–H groups in total. The van der Waals surface area contributed by atoms with Gasteiger partial charge in [0.05, 0.1) is 12.5 Å². The van der Waals surface area contributed by atoms with Gasteiger partial charge in [0.2, 0.25) is 0 Å². The van der Waals surface area contributed by atoms with Crippen LogP contribution in [0.15, 0.2) is 24.3 Å². The molecule has 1 saturated heterocycles. The number of urea groups is 1. The normalized spacial score (nSPS) is 20.2. The number of para-hydroxylation sites is 1. The fraction of sp³-hybridized carbons (Fsp3) is 0.562. The minimum Gasteiger partial charge on any atom is -0.393 e. The van der Waals surface area contributed by atoms with Crippen LogP contribution < -0.4 is 5.32 Å². The third-order valence-corrected chi connectivity index (χ3v) is 4.08. The molecule has 0 bridgehead atoms. The molecule has 2 unspecified atom stereocenters. The lowest BCUT2D eigenvalue weighted by Gasteiger charge is -2.34. The molecule has 1 aliphatic heterocycles. The Bertz CT molecular complexity index is 546. The molecule has 0 aliphatic carbocycles. The molecule has 2 atom stereocenters. The van der Waals surface area contributed by atoms with Gasteiger partial charge >= 0.3 is 12.2 Å². The van der Waals surface area contributed by atoms with Crippen LogP contribution in [0.5, 0.6) is 0 Å². The molecule has 0 aromatic heterocycles. The van der Waals surface area contributed by atoms with E-state index in [2.05, 4.69) is 5.32 Å². The predicted octanol–water partition coefficient (Wildman–Crippen LogP) is 3.42. The van der Waals surface area contributed by atoms with Crippen molar-refractivity contribution in [2.24, 2.45) is 5.92 Å². The van der Waals surface area contributed by atoms with Crippen LogP contribution >= 0.6 is 0 Å². The highest BCUT2D eigenvalue weighted by molar-refractivity contribution is 5.90. The summed E-state index contributed by atoms with van der Waals surface area (Å²) >= 11 is 0. The fourth-order valence-electron chi connectivity index (χ4n) is 2.79. The first-order valence-electron chi connectivity index (χ1n) is 7.65. The van der Waals surface area contributed by atoms with Gasteiger partial charge in [0.1, 0.15) is 0 Å². The van der Waals surface area contributed by atoms with E-state index in [0.717, 1.165) is 12.8 Å². The van der Waals surface area contributed by atoms with Gasteiger partial charge in [0.15, 0.2) is 0 Å². The van der Waals surface area contributed by atoms with Crippen LogP contribution in [0.25, 0.3) is 0 Å². The Morgan fingerprint density at radius 2 is 2.13 bits per heavy atom. The monoisotopic (exact) mass is 330 g/mol. The first-order valence-corrected chi connectivity index (χ1v) is 7.65. The Morgan fingerprint density at radius 3 is 2.78 bits per heavy atom. The maximum Gasteiger partial charge on any atom is 0.393 e. The van der Waals surface area contributed by atoms with Crippen molar-refractivity contribution in [1.29, 1.82) is 0 Å². The third-order valence-electron chi connectivity index (χ3n) is 4.08. The molecule has 1 heterocycles. The van der Waals surface area contributed by atoms with Gasteiger partial charge in [-0.15, -0.1) is 0 Å². The highest BCUT2D eigenvalue weighted by atomic mass is 19.4. The van der Waals surface area contributed by atoms with Crippen LogP contribution in [0.1, 0.15) is 25.3 Å². The largest absolute Gasteiger partial charge is 0.393 e. The number of amides is 2. The molecule has 0 spiro atoms. The standard InChI is InChI=1S/C16H21F3N2O2/c1-11(22)13-6-4-8-21(10-13)15(23)20-14-7-3-2-5-12(14)9-16(17,18)19/h2-3,5,7,11,13,22H,4,6,8-10H2,1H3,(H,20,23). The van der Waals surface area contributed by atoms with Gasteiger partial charge < -0.3 is 15.3 Å². The lowest BCUT2D eigenvalue weighted by Crippen LogP contribution is -2.44. The molecule has 1 aromatic carbocycles. The summed E-state index contributed by atoms with van der Waals surface area (Å²) in [6.07, 6.45) is -4.31. The van der Waals surface area contributed by atoms with E-state index < -0.39 is 24.7 Å². The van der Waals surface area contributed by atoms with Gasteiger partial charge in [-0.3, -0.25) is 0 Å². The third kappa shape index (κ3) is 5.13. The van der Waals surface area contributed by atoms with Crippen molar-refractivity contribution in [3.63, 3.8) is 0 Å². The molecular formula is C16H21F3N2O2. The number of rotatable bonds is 3. The lowest BCUT2D eigenvalue weighted by atomic mass is 9.94. The highest BCUT2D eigenvalue weighted by Gasteiger charge is 2.30. The summed E-state index contributed by atoms with van der Waals surface area (Å²) in [4.78, 5) is 13.9. The van der Waals surface area contributed by atoms with Crippen molar-refractivity contribution in [1.82, 2.24) is 4.90 Å². The van der Waals surface area contributed by atoms with E-state index in [-0.39, 0.29) is 17.2 Å². The number of carbonyl (C=O) groups excluding carboxylic acids is 1. The molecule has 1 aromatic rings. The summed E-state index contributed by atoms with van der Waals surface area (Å²) < 4.78 is 37.8. The first kappa shape index (κ1) is 17.6. The number of benzene rings is 1. The van der Waals surface area contributed by atoms with Crippen LogP contribution in [0.4, 0.5) is 23.7 Å². The second-order valence-corrected chi connectivity index (χ2v) is 5.97. The zero-order chi connectivity index (χ0) is 17.0. The number of carbonyl (C=O) groups is 1. The summed E-state index contributed by atoms with van der Waals surface area (Å²) in [5.74, 6) is -0.0000751. The van der Waals surface area contributed by atoms with Crippen molar-refractivity contribution in [3.05, 3.63) is 29.8 Å². The van der Waals surface area contributed by atoms with E-state index in [1.165, 1.54) is 18.2 Å². The highest BCUT2D eigenvalue weighted by Crippen LogP contribution is 2.27. The number of hydrogen-bond donors (Lipinski definition) is 2. The van der Waals surface area contributed by atoms with Crippen molar-refractivity contribution in [2.45, 2.75) is 38.5 Å². The van der Waals surface area contributed by atoms with Crippen molar-refractivity contribution >= 4 is 11.7 Å². The number of halogens is 3. The Labute approximate surface area is 133 Å². The quantitative estimate of drug-likeness (QED) is 0.892. The number of hydrogen-bond acceptors (Lipinski definition) is 2. The molecular weight excluding hydrogens is 309 g/mol. The van der Waals surface area contributed by atoms with Crippen LogP contribution in [-0.2, 0) is 6.42 Å². The number of alkyl halides is 3. The molecule has 2 rings (SSSR count). The molecule has 4 nitrogen and oxygen atoms in total. The molecule has 23 heavy (non-hydrogen) atoms. The van der Waals surface area contributed by atoms with Crippen LogP contribution in [0.3, 0.4) is 0 Å². The second kappa shape index (κ2) is 7.21. The number of piperidine rings is 1.